The van der Waals surface area contributed by atoms with Crippen LogP contribution in [-0.2, 0) is 23.9 Å². The van der Waals surface area contributed by atoms with Crippen molar-refractivity contribution in [2.75, 3.05) is 18.8 Å². The minimum atomic E-state index is -1.49. The van der Waals surface area contributed by atoms with Gasteiger partial charge < -0.3 is 31.0 Å². The van der Waals surface area contributed by atoms with Gasteiger partial charge in [0.05, 0.1) is 0 Å². The van der Waals surface area contributed by atoms with E-state index < -0.39 is 65.2 Å². The van der Waals surface area contributed by atoms with E-state index in [1.54, 1.807) is 35.8 Å². The molecule has 202 valence electrons. The first kappa shape index (κ1) is 26.9. The second kappa shape index (κ2) is 11.1. The number of hydrogen-bond donors (Lipinski definition) is 6. The highest BCUT2D eigenvalue weighted by molar-refractivity contribution is 8.00. The van der Waals surface area contributed by atoms with Crippen molar-refractivity contribution in [1.82, 2.24) is 31.2 Å². The lowest BCUT2D eigenvalue weighted by atomic mass is 10.0. The molecule has 1 aromatic carbocycles. The highest BCUT2D eigenvalue weighted by Gasteiger charge is 2.55. The summed E-state index contributed by atoms with van der Waals surface area (Å²) >= 11 is 1.09. The van der Waals surface area contributed by atoms with Crippen LogP contribution in [0.15, 0.2) is 41.6 Å². The molecule has 2 saturated heterocycles. The normalized spacial score (nSPS) is 22.1. The van der Waals surface area contributed by atoms with E-state index in [9.17, 15) is 39.1 Å². The van der Waals surface area contributed by atoms with Gasteiger partial charge in [-0.2, -0.15) is 5.48 Å². The van der Waals surface area contributed by atoms with Gasteiger partial charge in [0.2, 0.25) is 5.91 Å². The third-order valence-electron chi connectivity index (χ3n) is 5.98. The van der Waals surface area contributed by atoms with E-state index in [1.165, 1.54) is 0 Å². The topological polar surface area (TPSA) is 207 Å². The van der Waals surface area contributed by atoms with E-state index in [1.807, 2.05) is 0 Å². The Kier molecular flexibility index (Phi) is 7.84. The molecule has 4 rings (SSSR count). The van der Waals surface area contributed by atoms with Gasteiger partial charge in [-0.1, -0.05) is 30.3 Å². The Morgan fingerprint density at radius 3 is 2.47 bits per heavy atom. The summed E-state index contributed by atoms with van der Waals surface area (Å²) in [5.41, 5.74) is 1.59. The Bertz CT molecular complexity index is 1210. The number of nitrogens with zero attached hydrogens (tertiary/aromatic N) is 2. The number of fused-ring (bicyclic) bond motifs is 1. The standard InChI is InChI=1S/C22H24N6O9S/c1-10(29)37-17(26-36)12-9-38-19-14(18(31)28(19)15(12)20(32)33)24-16(30)13(11-5-3-2-4-6-11)25-22(35)27-8-7-23-21(27)34/h2-6,13-14,17,19,26,36H,7-9H2,1H3,(H,23,34)(H,24,30)(H,25,35)(H,32,33)/t13?,14-,17?,19+/m0/s1. The minimum Gasteiger partial charge on any atom is -0.477 e. The van der Waals surface area contributed by atoms with Crippen molar-refractivity contribution in [1.29, 1.82) is 0 Å². The zero-order valence-corrected chi connectivity index (χ0v) is 20.7. The number of nitrogens with one attached hydrogen (secondary N) is 4. The molecular formula is C22H24N6O9S. The van der Waals surface area contributed by atoms with Crippen LogP contribution in [-0.4, -0.2) is 92.4 Å². The number of aliphatic carboxylic acids is 1. The van der Waals surface area contributed by atoms with Crippen molar-refractivity contribution in [2.24, 2.45) is 0 Å². The molecule has 0 spiro atoms. The molecule has 0 saturated carbocycles. The number of rotatable bonds is 8. The van der Waals surface area contributed by atoms with Gasteiger partial charge in [-0.05, 0) is 5.56 Å². The fourth-order valence-corrected chi connectivity index (χ4v) is 5.61. The summed E-state index contributed by atoms with van der Waals surface area (Å²) in [6.45, 7) is 1.46. The lowest BCUT2D eigenvalue weighted by molar-refractivity contribution is -0.154. The van der Waals surface area contributed by atoms with Gasteiger partial charge in [0, 0.05) is 31.3 Å². The Labute approximate surface area is 219 Å². The van der Waals surface area contributed by atoms with Crippen molar-refractivity contribution in [3.8, 4) is 0 Å². The number of hydroxylamine groups is 1. The van der Waals surface area contributed by atoms with E-state index in [-0.39, 0.29) is 24.4 Å². The molecule has 0 bridgehead atoms. The average Bonchev–Trinajstić information content (AvgIpc) is 3.33. The van der Waals surface area contributed by atoms with E-state index >= 15 is 0 Å². The number of thioether (sulfide) groups is 1. The average molecular weight is 549 g/mol. The number of ether oxygens (including phenoxy) is 1. The van der Waals surface area contributed by atoms with Crippen molar-refractivity contribution in [3.63, 3.8) is 0 Å². The summed E-state index contributed by atoms with van der Waals surface area (Å²) in [5, 5.41) is 25.9. The van der Waals surface area contributed by atoms with Crippen LogP contribution >= 0.6 is 11.8 Å². The maximum Gasteiger partial charge on any atom is 0.352 e. The fourth-order valence-electron chi connectivity index (χ4n) is 4.23. The van der Waals surface area contributed by atoms with Crippen LogP contribution in [0.4, 0.5) is 9.59 Å². The lowest BCUT2D eigenvalue weighted by Crippen LogP contribution is -2.71. The predicted octanol–water partition coefficient (Wildman–Crippen LogP) is -0.931. The van der Waals surface area contributed by atoms with Gasteiger partial charge >= 0.3 is 24.0 Å². The molecule has 0 aliphatic carbocycles. The lowest BCUT2D eigenvalue weighted by Gasteiger charge is -2.50. The largest absolute Gasteiger partial charge is 0.477 e. The van der Waals surface area contributed by atoms with Gasteiger partial charge in [-0.25, -0.2) is 19.3 Å². The van der Waals surface area contributed by atoms with Crippen LogP contribution in [0.1, 0.15) is 18.5 Å². The SMILES string of the molecule is CC(=O)OC(NO)C1=C(C(=O)O)N2C(=O)[C@H](NC(=O)C(NC(=O)N3CCNC3=O)c3ccccc3)[C@H]2SC1. The highest BCUT2D eigenvalue weighted by Crippen LogP contribution is 2.41. The first-order valence-corrected chi connectivity index (χ1v) is 12.4. The first-order chi connectivity index (χ1) is 18.1. The third kappa shape index (κ3) is 5.13. The molecule has 0 radical (unpaired) electrons. The van der Waals surface area contributed by atoms with Crippen molar-refractivity contribution < 1.29 is 43.8 Å². The van der Waals surface area contributed by atoms with E-state index in [4.69, 9.17) is 4.74 Å². The van der Waals surface area contributed by atoms with Crippen molar-refractivity contribution in [2.45, 2.75) is 30.6 Å². The second-order valence-electron chi connectivity index (χ2n) is 8.37. The summed E-state index contributed by atoms with van der Waals surface area (Å²) in [6, 6.07) is 4.40. The van der Waals surface area contributed by atoms with Crippen LogP contribution in [0.3, 0.4) is 0 Å². The number of imide groups is 1. The fraction of sp³-hybridized carbons (Fsp3) is 0.364. The summed E-state index contributed by atoms with van der Waals surface area (Å²) in [6.07, 6.45) is -1.49. The van der Waals surface area contributed by atoms with Gasteiger partial charge in [-0.3, -0.25) is 19.3 Å². The number of benzene rings is 1. The molecule has 3 heterocycles. The summed E-state index contributed by atoms with van der Waals surface area (Å²) in [4.78, 5) is 76.1. The third-order valence-corrected chi connectivity index (χ3v) is 7.28. The molecule has 3 aliphatic heterocycles. The Balaban J connectivity index is 1.53. The maximum absolute atomic E-state index is 13.3. The number of esters is 1. The maximum atomic E-state index is 13.3. The molecular weight excluding hydrogens is 524 g/mol. The molecule has 2 fully saturated rings. The predicted molar refractivity (Wildman–Crippen MR) is 128 cm³/mol. The number of carbonyl (C=O) groups excluding carboxylic acids is 5. The van der Waals surface area contributed by atoms with Crippen LogP contribution in [0.25, 0.3) is 0 Å². The van der Waals surface area contributed by atoms with E-state index in [0.29, 0.717) is 5.56 Å². The molecule has 16 heteroatoms. The molecule has 2 unspecified atom stereocenters. The second-order valence-corrected chi connectivity index (χ2v) is 9.48. The number of amides is 6. The van der Waals surface area contributed by atoms with Crippen LogP contribution < -0.4 is 21.4 Å². The Morgan fingerprint density at radius 2 is 1.89 bits per heavy atom. The number of carboxylic acid groups (broad SMARTS) is 1. The molecule has 15 nitrogen and oxygen atoms in total. The van der Waals surface area contributed by atoms with Gasteiger partial charge in [0.1, 0.15) is 23.2 Å². The Hall–Kier alpha value is -4.15. The van der Waals surface area contributed by atoms with Gasteiger partial charge in [-0.15, -0.1) is 11.8 Å². The molecule has 6 N–H and O–H groups in total. The summed E-state index contributed by atoms with van der Waals surface area (Å²) in [5.74, 6) is -3.82. The zero-order chi connectivity index (χ0) is 27.6. The van der Waals surface area contributed by atoms with E-state index in [2.05, 4.69) is 16.0 Å². The number of carboxylic acids is 1. The van der Waals surface area contributed by atoms with Crippen molar-refractivity contribution >= 4 is 47.6 Å². The quantitative estimate of drug-likeness (QED) is 0.101. The van der Waals surface area contributed by atoms with Crippen molar-refractivity contribution in [3.05, 3.63) is 47.2 Å². The van der Waals surface area contributed by atoms with Crippen LogP contribution in [0, 0.1) is 0 Å². The smallest absolute Gasteiger partial charge is 0.352 e. The summed E-state index contributed by atoms with van der Waals surface area (Å²) in [7, 11) is 0. The van der Waals surface area contributed by atoms with Gasteiger partial charge in [0.15, 0.2) is 6.23 Å². The molecule has 0 aromatic heterocycles. The molecule has 38 heavy (non-hydrogen) atoms. The number of β-lactam (4-membered cyclic amide) rings is 1. The van der Waals surface area contributed by atoms with Gasteiger partial charge in [0.25, 0.3) is 5.91 Å². The first-order valence-electron chi connectivity index (χ1n) is 11.3. The van der Waals surface area contributed by atoms with Crippen LogP contribution in [0.5, 0.6) is 0 Å². The monoisotopic (exact) mass is 548 g/mol. The highest BCUT2D eigenvalue weighted by atomic mass is 32.2. The Morgan fingerprint density at radius 1 is 1.18 bits per heavy atom. The molecule has 6 amide bonds. The molecule has 3 aliphatic rings. The number of urea groups is 2. The number of carbonyl (C=O) groups is 6. The van der Waals surface area contributed by atoms with Crippen LogP contribution in [0.2, 0.25) is 0 Å². The molecule has 4 atom stereocenters. The number of hydrogen-bond acceptors (Lipinski definition) is 10. The summed E-state index contributed by atoms with van der Waals surface area (Å²) < 4.78 is 4.91. The molecule has 1 aromatic rings. The zero-order valence-electron chi connectivity index (χ0n) is 19.9. The van der Waals surface area contributed by atoms with E-state index in [0.717, 1.165) is 28.5 Å². The minimum absolute atomic E-state index is 0.0448.